The Labute approximate surface area is 62.1 Å². The third-order valence-corrected chi connectivity index (χ3v) is 0.824. The molecule has 60 valence electrons. The highest BCUT2D eigenvalue weighted by molar-refractivity contribution is 4.65. The minimum atomic E-state index is 0.599. The summed E-state index contributed by atoms with van der Waals surface area (Å²) in [4.78, 5) is 10.1. The Balaban J connectivity index is 3.38. The van der Waals surface area contributed by atoms with Crippen LogP contribution >= 0.6 is 0 Å². The molecule has 0 rings (SSSR count). The predicted molar refractivity (Wildman–Crippen MR) is 40.2 cm³/mol. The highest BCUT2D eigenvalue weighted by atomic mass is 16.9. The molecule has 3 nitrogen and oxygen atoms in total. The van der Waals surface area contributed by atoms with Crippen molar-refractivity contribution in [2.24, 2.45) is 0 Å². The van der Waals surface area contributed by atoms with E-state index in [0.29, 0.717) is 19.8 Å². The van der Waals surface area contributed by atoms with Crippen LogP contribution in [0.3, 0.4) is 0 Å². The molecule has 0 aliphatic carbocycles. The van der Waals surface area contributed by atoms with Crippen molar-refractivity contribution in [3.63, 3.8) is 0 Å². The lowest BCUT2D eigenvalue weighted by atomic mass is 10.7. The molecule has 0 saturated carbocycles. The molecule has 0 heterocycles. The molecular weight excluding hydrogens is 130 g/mol. The lowest BCUT2D eigenvalue weighted by Gasteiger charge is -2.16. The van der Waals surface area contributed by atoms with E-state index in [4.69, 9.17) is 9.68 Å². The Morgan fingerprint density at radius 2 is 1.80 bits per heavy atom. The molecule has 0 aliphatic heterocycles. The summed E-state index contributed by atoms with van der Waals surface area (Å²) in [7, 11) is 0. The van der Waals surface area contributed by atoms with Gasteiger partial charge in [-0.25, -0.2) is 0 Å². The zero-order valence-electron chi connectivity index (χ0n) is 6.67. The zero-order chi connectivity index (χ0) is 7.82. The molecule has 0 aromatic heterocycles. The maximum atomic E-state index is 5.06. The first kappa shape index (κ1) is 9.62. The number of hydrogen-bond acceptors (Lipinski definition) is 3. The first-order chi connectivity index (χ1) is 4.85. The normalized spacial score (nSPS) is 10.3. The van der Waals surface area contributed by atoms with Crippen LogP contribution in [0, 0.1) is 0 Å². The molecule has 0 aromatic carbocycles. The van der Waals surface area contributed by atoms with Gasteiger partial charge in [0.1, 0.15) is 0 Å². The van der Waals surface area contributed by atoms with Crippen molar-refractivity contribution >= 4 is 0 Å². The Morgan fingerprint density at radius 3 is 2.10 bits per heavy atom. The molecule has 0 amide bonds. The third-order valence-electron chi connectivity index (χ3n) is 0.824. The van der Waals surface area contributed by atoms with Crippen LogP contribution in [0.25, 0.3) is 0 Å². The second kappa shape index (κ2) is 6.74. The SMILES string of the molecule is C=CCN(OCC)OCC. The molecule has 3 heteroatoms. The standard InChI is InChI=1S/C7H15NO2/c1-4-7-8(9-5-2)10-6-3/h4H,1,5-7H2,2-3H3. The maximum absolute atomic E-state index is 5.06. The van der Waals surface area contributed by atoms with Crippen LogP contribution in [0.5, 0.6) is 0 Å². The van der Waals surface area contributed by atoms with Gasteiger partial charge in [-0.05, 0) is 13.8 Å². The van der Waals surface area contributed by atoms with E-state index in [1.54, 1.807) is 6.08 Å². The molecule has 0 spiro atoms. The van der Waals surface area contributed by atoms with Crippen molar-refractivity contribution in [1.82, 2.24) is 5.23 Å². The van der Waals surface area contributed by atoms with Gasteiger partial charge < -0.3 is 0 Å². The van der Waals surface area contributed by atoms with Crippen LogP contribution in [0.15, 0.2) is 12.7 Å². The first-order valence-electron chi connectivity index (χ1n) is 3.49. The number of hydrogen-bond donors (Lipinski definition) is 0. The van der Waals surface area contributed by atoms with E-state index >= 15 is 0 Å². The van der Waals surface area contributed by atoms with Crippen molar-refractivity contribution in [3.8, 4) is 0 Å². The lowest BCUT2D eigenvalue weighted by Crippen LogP contribution is -2.24. The van der Waals surface area contributed by atoms with Crippen molar-refractivity contribution in [2.45, 2.75) is 13.8 Å². The van der Waals surface area contributed by atoms with Gasteiger partial charge in [0.05, 0.1) is 19.8 Å². The Morgan fingerprint density at radius 1 is 1.30 bits per heavy atom. The van der Waals surface area contributed by atoms with Gasteiger partial charge in [-0.15, -0.1) is 6.58 Å². The fourth-order valence-corrected chi connectivity index (χ4v) is 0.536. The monoisotopic (exact) mass is 145 g/mol. The van der Waals surface area contributed by atoms with Gasteiger partial charge in [-0.3, -0.25) is 9.68 Å². The third kappa shape index (κ3) is 4.49. The molecule has 0 fully saturated rings. The van der Waals surface area contributed by atoms with Gasteiger partial charge >= 0.3 is 0 Å². The molecule has 0 unspecified atom stereocenters. The summed E-state index contributed by atoms with van der Waals surface area (Å²) in [5, 5.41) is 1.42. The topological polar surface area (TPSA) is 21.7 Å². The molecule has 0 aromatic rings. The van der Waals surface area contributed by atoms with Crippen molar-refractivity contribution in [1.29, 1.82) is 0 Å². The molecule has 10 heavy (non-hydrogen) atoms. The summed E-state index contributed by atoms with van der Waals surface area (Å²) >= 11 is 0. The van der Waals surface area contributed by atoms with Crippen LogP contribution in [-0.4, -0.2) is 25.0 Å². The van der Waals surface area contributed by atoms with E-state index in [1.165, 1.54) is 5.23 Å². The fraction of sp³-hybridized carbons (Fsp3) is 0.714. The van der Waals surface area contributed by atoms with E-state index in [-0.39, 0.29) is 0 Å². The maximum Gasteiger partial charge on any atom is 0.0695 e. The second-order valence-electron chi connectivity index (χ2n) is 1.64. The van der Waals surface area contributed by atoms with E-state index < -0.39 is 0 Å². The minimum absolute atomic E-state index is 0.599. The van der Waals surface area contributed by atoms with Crippen molar-refractivity contribution in [2.75, 3.05) is 19.8 Å². The van der Waals surface area contributed by atoms with Gasteiger partial charge in [-0.1, -0.05) is 11.3 Å². The van der Waals surface area contributed by atoms with E-state index in [2.05, 4.69) is 6.58 Å². The second-order valence-corrected chi connectivity index (χ2v) is 1.64. The van der Waals surface area contributed by atoms with E-state index in [0.717, 1.165) is 0 Å². The van der Waals surface area contributed by atoms with E-state index in [9.17, 15) is 0 Å². The average molecular weight is 145 g/mol. The van der Waals surface area contributed by atoms with Crippen LogP contribution < -0.4 is 0 Å². The Kier molecular flexibility index (Phi) is 6.48. The highest BCUT2D eigenvalue weighted by Crippen LogP contribution is 1.91. The molecule has 0 aliphatic rings. The minimum Gasteiger partial charge on any atom is -0.274 e. The lowest BCUT2D eigenvalue weighted by molar-refractivity contribution is -0.359. The summed E-state index contributed by atoms with van der Waals surface area (Å²) in [6, 6.07) is 0. The molecule has 0 bridgehead atoms. The number of rotatable bonds is 6. The van der Waals surface area contributed by atoms with Crippen LogP contribution in [0.4, 0.5) is 0 Å². The van der Waals surface area contributed by atoms with Crippen molar-refractivity contribution < 1.29 is 9.68 Å². The van der Waals surface area contributed by atoms with Crippen LogP contribution in [-0.2, 0) is 9.68 Å². The molecule has 0 atom stereocenters. The molecule has 0 saturated heterocycles. The van der Waals surface area contributed by atoms with Gasteiger partial charge in [0, 0.05) is 0 Å². The summed E-state index contributed by atoms with van der Waals surface area (Å²) in [5.41, 5.74) is 0. The highest BCUT2D eigenvalue weighted by Gasteiger charge is 1.98. The summed E-state index contributed by atoms with van der Waals surface area (Å²) in [6.45, 7) is 9.22. The average Bonchev–Trinajstić information content (AvgIpc) is 1.90. The number of nitrogens with zero attached hydrogens (tertiary/aromatic N) is 1. The quantitative estimate of drug-likeness (QED) is 0.416. The number of hydroxylamine groups is 2. The van der Waals surface area contributed by atoms with Gasteiger partial charge in [0.2, 0.25) is 0 Å². The fourth-order valence-electron chi connectivity index (χ4n) is 0.536. The van der Waals surface area contributed by atoms with Crippen LogP contribution in [0.1, 0.15) is 13.8 Å². The van der Waals surface area contributed by atoms with Gasteiger partial charge in [-0.2, -0.15) is 0 Å². The van der Waals surface area contributed by atoms with Crippen molar-refractivity contribution in [3.05, 3.63) is 12.7 Å². The van der Waals surface area contributed by atoms with Gasteiger partial charge in [0.25, 0.3) is 0 Å². The zero-order valence-corrected chi connectivity index (χ0v) is 6.67. The first-order valence-corrected chi connectivity index (χ1v) is 3.49. The Bertz CT molecular complexity index is 79.7. The summed E-state index contributed by atoms with van der Waals surface area (Å²) in [5.74, 6) is 0. The molecule has 0 radical (unpaired) electrons. The van der Waals surface area contributed by atoms with Gasteiger partial charge in [0.15, 0.2) is 0 Å². The van der Waals surface area contributed by atoms with Crippen LogP contribution in [0.2, 0.25) is 0 Å². The predicted octanol–water partition coefficient (Wildman–Crippen LogP) is 1.38. The molecule has 0 N–H and O–H groups in total. The summed E-state index contributed by atoms with van der Waals surface area (Å²) < 4.78 is 0. The summed E-state index contributed by atoms with van der Waals surface area (Å²) in [6.07, 6.45) is 1.73. The smallest absolute Gasteiger partial charge is 0.0695 e. The largest absolute Gasteiger partial charge is 0.274 e. The Hall–Kier alpha value is -0.380. The van der Waals surface area contributed by atoms with E-state index in [1.807, 2.05) is 13.8 Å². The molecular formula is C7H15NO2.